The Kier molecular flexibility index (Phi) is 3.58. The van der Waals surface area contributed by atoms with Crippen molar-refractivity contribution in [2.75, 3.05) is 0 Å². The number of aromatic carboxylic acids is 1. The highest BCUT2D eigenvalue weighted by molar-refractivity contribution is 7.84. The molecule has 1 heterocycles. The van der Waals surface area contributed by atoms with Gasteiger partial charge in [-0.3, -0.25) is 4.21 Å². The molecule has 5 heteroatoms. The van der Waals surface area contributed by atoms with E-state index in [0.29, 0.717) is 10.7 Å². The van der Waals surface area contributed by atoms with Crippen LogP contribution in [0.25, 0.3) is 10.8 Å². The lowest BCUT2D eigenvalue weighted by Gasteiger charge is -2.03. The molecule has 0 spiro atoms. The Morgan fingerprint density at radius 2 is 1.86 bits per heavy atom. The number of benzene rings is 2. The first-order valence-corrected chi connectivity index (χ1v) is 7.63. The van der Waals surface area contributed by atoms with Gasteiger partial charge in [0.15, 0.2) is 0 Å². The monoisotopic (exact) mass is 300 g/mol. The molecule has 0 saturated heterocycles. The first-order chi connectivity index (χ1) is 10.1. The summed E-state index contributed by atoms with van der Waals surface area (Å²) >= 11 is 0. The third kappa shape index (κ3) is 2.87. The molecule has 3 rings (SSSR count). The van der Waals surface area contributed by atoms with Crippen molar-refractivity contribution in [2.45, 2.75) is 10.6 Å². The van der Waals surface area contributed by atoms with Crippen molar-refractivity contribution in [2.24, 2.45) is 0 Å². The van der Waals surface area contributed by atoms with E-state index >= 15 is 0 Å². The largest absolute Gasteiger partial charge is 0.478 e. The molecule has 0 saturated carbocycles. The fraction of sp³-hybridized carbons (Fsp3) is 0.0625. The second-order valence-corrected chi connectivity index (χ2v) is 6.06. The van der Waals surface area contributed by atoms with Crippen LogP contribution in [-0.4, -0.2) is 15.3 Å². The van der Waals surface area contributed by atoms with Crippen molar-refractivity contribution in [3.05, 3.63) is 66.1 Å². The van der Waals surface area contributed by atoms with Crippen LogP contribution in [0.3, 0.4) is 0 Å². The maximum Gasteiger partial charge on any atom is 0.338 e. The van der Waals surface area contributed by atoms with Crippen molar-refractivity contribution in [1.82, 2.24) is 0 Å². The van der Waals surface area contributed by atoms with E-state index in [9.17, 15) is 9.00 Å². The highest BCUT2D eigenvalue weighted by atomic mass is 32.2. The summed E-state index contributed by atoms with van der Waals surface area (Å²) in [7, 11) is -1.28. The second kappa shape index (κ2) is 5.54. The topological polar surface area (TPSA) is 67.5 Å². The number of carboxylic acids is 1. The standard InChI is InChI=1S/C16H12O4S/c17-16(18)13-7-14(20-9-13)10-21(19)15-6-5-11-3-1-2-4-12(11)8-15/h1-9H,10H2,(H,17,18). The van der Waals surface area contributed by atoms with Gasteiger partial charge in [-0.15, -0.1) is 0 Å². The van der Waals surface area contributed by atoms with E-state index in [1.54, 1.807) is 0 Å². The minimum absolute atomic E-state index is 0.0699. The lowest BCUT2D eigenvalue weighted by molar-refractivity contribution is 0.0696. The molecule has 0 aliphatic rings. The molecule has 21 heavy (non-hydrogen) atoms. The van der Waals surface area contributed by atoms with Crippen LogP contribution in [0.5, 0.6) is 0 Å². The molecule has 0 aliphatic carbocycles. The number of carboxylic acid groups (broad SMARTS) is 1. The molecule has 1 unspecified atom stereocenters. The molecule has 1 atom stereocenters. The molecule has 1 N–H and O–H groups in total. The molecule has 1 aromatic heterocycles. The summed E-state index contributed by atoms with van der Waals surface area (Å²) in [6.07, 6.45) is 1.16. The summed E-state index contributed by atoms with van der Waals surface area (Å²) in [5.74, 6) is -0.494. The molecule has 3 aromatic rings. The average molecular weight is 300 g/mol. The molecule has 4 nitrogen and oxygen atoms in total. The number of rotatable bonds is 4. The molecule has 106 valence electrons. The Hall–Kier alpha value is -2.40. The SMILES string of the molecule is O=C(O)c1coc(CS(=O)c2ccc3ccccc3c2)c1. The number of hydrogen-bond donors (Lipinski definition) is 1. The van der Waals surface area contributed by atoms with Crippen molar-refractivity contribution in [3.8, 4) is 0 Å². The number of fused-ring (bicyclic) bond motifs is 1. The lowest BCUT2D eigenvalue weighted by atomic mass is 10.1. The summed E-state index contributed by atoms with van der Waals surface area (Å²) in [6.45, 7) is 0. The first kappa shape index (κ1) is 13.6. The van der Waals surface area contributed by atoms with E-state index in [0.717, 1.165) is 17.0 Å². The van der Waals surface area contributed by atoms with Gasteiger partial charge < -0.3 is 9.52 Å². The van der Waals surface area contributed by atoms with Gasteiger partial charge >= 0.3 is 5.97 Å². The van der Waals surface area contributed by atoms with Crippen LogP contribution in [-0.2, 0) is 16.6 Å². The number of hydrogen-bond acceptors (Lipinski definition) is 3. The zero-order chi connectivity index (χ0) is 14.8. The van der Waals surface area contributed by atoms with E-state index in [4.69, 9.17) is 9.52 Å². The van der Waals surface area contributed by atoms with Gasteiger partial charge in [-0.05, 0) is 29.0 Å². The maximum absolute atomic E-state index is 12.3. The Labute approximate surface area is 123 Å². The lowest BCUT2D eigenvalue weighted by Crippen LogP contribution is -1.96. The zero-order valence-electron chi connectivity index (χ0n) is 11.0. The van der Waals surface area contributed by atoms with Crippen LogP contribution in [0.4, 0.5) is 0 Å². The number of carbonyl (C=O) groups is 1. The maximum atomic E-state index is 12.3. The summed E-state index contributed by atoms with van der Waals surface area (Å²) < 4.78 is 17.5. The molecule has 2 aromatic carbocycles. The van der Waals surface area contributed by atoms with Crippen molar-refractivity contribution >= 4 is 27.5 Å². The summed E-state index contributed by atoms with van der Waals surface area (Å²) in [5.41, 5.74) is 0.0699. The second-order valence-electron chi connectivity index (χ2n) is 4.61. The summed E-state index contributed by atoms with van der Waals surface area (Å²) in [4.78, 5) is 11.5. The fourth-order valence-corrected chi connectivity index (χ4v) is 3.14. The predicted molar refractivity (Wildman–Crippen MR) is 79.7 cm³/mol. The quantitative estimate of drug-likeness (QED) is 0.801. The predicted octanol–water partition coefficient (Wildman–Crippen LogP) is 3.44. The van der Waals surface area contributed by atoms with Crippen LogP contribution in [0.1, 0.15) is 16.1 Å². The minimum Gasteiger partial charge on any atom is -0.478 e. The summed E-state index contributed by atoms with van der Waals surface area (Å²) in [6, 6.07) is 14.9. The Balaban J connectivity index is 1.84. The molecule has 0 aliphatic heterocycles. The van der Waals surface area contributed by atoms with Crippen LogP contribution in [0, 0.1) is 0 Å². The Morgan fingerprint density at radius 3 is 2.57 bits per heavy atom. The smallest absolute Gasteiger partial charge is 0.338 e. The van der Waals surface area contributed by atoms with Gasteiger partial charge in [-0.1, -0.05) is 30.3 Å². The van der Waals surface area contributed by atoms with Gasteiger partial charge in [-0.25, -0.2) is 4.79 Å². The molecular weight excluding hydrogens is 288 g/mol. The highest BCUT2D eigenvalue weighted by Crippen LogP contribution is 2.20. The zero-order valence-corrected chi connectivity index (χ0v) is 11.8. The van der Waals surface area contributed by atoms with E-state index in [2.05, 4.69) is 0 Å². The van der Waals surface area contributed by atoms with Crippen molar-refractivity contribution in [3.63, 3.8) is 0 Å². The number of furan rings is 1. The minimum atomic E-state index is -1.28. The highest BCUT2D eigenvalue weighted by Gasteiger charge is 2.12. The van der Waals surface area contributed by atoms with E-state index in [-0.39, 0.29) is 11.3 Å². The fourth-order valence-electron chi connectivity index (χ4n) is 2.09. The molecule has 0 radical (unpaired) electrons. The Morgan fingerprint density at radius 1 is 1.10 bits per heavy atom. The van der Waals surface area contributed by atoms with Crippen LogP contribution in [0.2, 0.25) is 0 Å². The summed E-state index contributed by atoms with van der Waals surface area (Å²) in [5, 5.41) is 10.9. The third-order valence-corrected chi connectivity index (χ3v) is 4.48. The van der Waals surface area contributed by atoms with Crippen LogP contribution in [0.15, 0.2) is 64.1 Å². The van der Waals surface area contributed by atoms with Crippen LogP contribution >= 0.6 is 0 Å². The van der Waals surface area contributed by atoms with Gasteiger partial charge in [0.1, 0.15) is 12.0 Å². The van der Waals surface area contributed by atoms with E-state index in [1.807, 2.05) is 42.5 Å². The Bertz CT molecular complexity index is 835. The van der Waals surface area contributed by atoms with Crippen molar-refractivity contribution < 1.29 is 18.5 Å². The van der Waals surface area contributed by atoms with E-state index in [1.165, 1.54) is 6.07 Å². The molecular formula is C16H12O4S. The molecule has 0 fully saturated rings. The normalized spacial score (nSPS) is 12.4. The molecule has 0 amide bonds. The van der Waals surface area contributed by atoms with Crippen LogP contribution < -0.4 is 0 Å². The third-order valence-electron chi connectivity index (χ3n) is 3.16. The van der Waals surface area contributed by atoms with Gasteiger partial charge in [0.05, 0.1) is 22.1 Å². The van der Waals surface area contributed by atoms with Gasteiger partial charge in [-0.2, -0.15) is 0 Å². The van der Waals surface area contributed by atoms with Gasteiger partial charge in [0, 0.05) is 4.90 Å². The van der Waals surface area contributed by atoms with E-state index < -0.39 is 16.8 Å². The first-order valence-electron chi connectivity index (χ1n) is 6.31. The van der Waals surface area contributed by atoms with Gasteiger partial charge in [0.2, 0.25) is 0 Å². The molecule has 0 bridgehead atoms. The average Bonchev–Trinajstić information content (AvgIpc) is 2.95. The van der Waals surface area contributed by atoms with Gasteiger partial charge in [0.25, 0.3) is 0 Å². The van der Waals surface area contributed by atoms with Crippen molar-refractivity contribution in [1.29, 1.82) is 0 Å².